The number of aromatic carboxylic acids is 1. The second-order valence-electron chi connectivity index (χ2n) is 5.98. The second-order valence-corrected chi connectivity index (χ2v) is 6.36. The molecule has 0 aliphatic carbocycles. The molecule has 0 aliphatic heterocycles. The number of rotatable bonds is 4. The molecule has 0 saturated carbocycles. The lowest BCUT2D eigenvalue weighted by atomic mass is 10.0. The maximum Gasteiger partial charge on any atom is 0.356 e. The van der Waals surface area contributed by atoms with Crippen LogP contribution < -0.4 is 10.9 Å². The van der Waals surface area contributed by atoms with Crippen LogP contribution in [0.25, 0.3) is 11.0 Å². The van der Waals surface area contributed by atoms with Crippen LogP contribution in [0.1, 0.15) is 40.3 Å². The molecule has 3 aromatic rings. The van der Waals surface area contributed by atoms with E-state index in [2.05, 4.69) is 20.3 Å². The molecule has 0 unspecified atom stereocenters. The zero-order chi connectivity index (χ0) is 19.7. The van der Waals surface area contributed by atoms with Crippen LogP contribution in [-0.2, 0) is 0 Å². The SMILES string of the molecule is Cc1cc([C@@H](C)Nc2ccc(Cl)nc2C(=O)O)c2[nH]c(=O)c(C#N)nc2c1. The van der Waals surface area contributed by atoms with E-state index in [1.165, 1.54) is 12.1 Å². The van der Waals surface area contributed by atoms with Crippen LogP contribution in [0, 0.1) is 18.3 Å². The lowest BCUT2D eigenvalue weighted by Crippen LogP contribution is -2.17. The molecule has 2 heterocycles. The highest BCUT2D eigenvalue weighted by molar-refractivity contribution is 6.29. The van der Waals surface area contributed by atoms with Crippen molar-refractivity contribution in [3.63, 3.8) is 0 Å². The Kier molecular flexibility index (Phi) is 4.79. The number of fused-ring (bicyclic) bond motifs is 1. The monoisotopic (exact) mass is 383 g/mol. The smallest absolute Gasteiger partial charge is 0.356 e. The Morgan fingerprint density at radius 2 is 2.11 bits per heavy atom. The molecule has 0 saturated heterocycles. The average molecular weight is 384 g/mol. The summed E-state index contributed by atoms with van der Waals surface area (Å²) in [6.45, 7) is 3.67. The standard InChI is InChI=1S/C18H14ClN5O3/c1-8-5-10(15-12(6-8)22-13(7-20)17(25)24-15)9(2)21-11-3-4-14(19)23-16(11)18(26)27/h3-6,9,21H,1-2H3,(H,24,25)(H,26,27)/t9-/m1/s1. The minimum absolute atomic E-state index is 0.0733. The molecular formula is C18H14ClN5O3. The van der Waals surface area contributed by atoms with Gasteiger partial charge in [0, 0.05) is 5.56 Å². The molecule has 0 aliphatic rings. The van der Waals surface area contributed by atoms with Gasteiger partial charge in [-0.05, 0) is 37.6 Å². The summed E-state index contributed by atoms with van der Waals surface area (Å²) < 4.78 is 0. The molecule has 27 heavy (non-hydrogen) atoms. The van der Waals surface area contributed by atoms with E-state index >= 15 is 0 Å². The third kappa shape index (κ3) is 3.59. The number of pyridine rings is 1. The Labute approximate surface area is 158 Å². The van der Waals surface area contributed by atoms with Gasteiger partial charge in [-0.3, -0.25) is 4.79 Å². The van der Waals surface area contributed by atoms with Crippen LogP contribution in [0.5, 0.6) is 0 Å². The molecule has 9 heteroatoms. The molecule has 0 fully saturated rings. The first-order chi connectivity index (χ1) is 12.8. The minimum Gasteiger partial charge on any atom is -0.476 e. The molecule has 0 radical (unpaired) electrons. The summed E-state index contributed by atoms with van der Waals surface area (Å²) in [5.41, 5.74) is 1.82. The summed E-state index contributed by atoms with van der Waals surface area (Å²) in [5.74, 6) is -1.21. The third-order valence-corrected chi connectivity index (χ3v) is 4.20. The summed E-state index contributed by atoms with van der Waals surface area (Å²) in [4.78, 5) is 34.0. The van der Waals surface area contributed by atoms with Gasteiger partial charge < -0.3 is 15.4 Å². The number of nitriles is 1. The normalized spacial score (nSPS) is 11.8. The maximum atomic E-state index is 12.0. The number of carboxylic acids is 1. The summed E-state index contributed by atoms with van der Waals surface area (Å²) in [7, 11) is 0. The topological polar surface area (TPSA) is 132 Å². The quantitative estimate of drug-likeness (QED) is 0.590. The Balaban J connectivity index is 2.10. The molecule has 1 atom stereocenters. The third-order valence-electron chi connectivity index (χ3n) is 3.99. The van der Waals surface area contributed by atoms with Gasteiger partial charge in [0.15, 0.2) is 5.69 Å². The highest BCUT2D eigenvalue weighted by Crippen LogP contribution is 2.27. The highest BCUT2D eigenvalue weighted by Gasteiger charge is 2.18. The van der Waals surface area contributed by atoms with Crippen molar-refractivity contribution in [3.8, 4) is 6.07 Å². The van der Waals surface area contributed by atoms with Gasteiger partial charge in [0.2, 0.25) is 5.69 Å². The van der Waals surface area contributed by atoms with E-state index in [0.29, 0.717) is 16.6 Å². The number of nitrogens with zero attached hydrogens (tertiary/aromatic N) is 3. The van der Waals surface area contributed by atoms with Gasteiger partial charge in [-0.2, -0.15) is 5.26 Å². The Morgan fingerprint density at radius 1 is 1.37 bits per heavy atom. The first-order valence-electron chi connectivity index (χ1n) is 7.91. The molecule has 3 N–H and O–H groups in total. The lowest BCUT2D eigenvalue weighted by molar-refractivity contribution is 0.0691. The van der Waals surface area contributed by atoms with E-state index in [1.54, 1.807) is 12.1 Å². The molecule has 0 bridgehead atoms. The van der Waals surface area contributed by atoms with Crippen molar-refractivity contribution in [2.45, 2.75) is 19.9 Å². The van der Waals surface area contributed by atoms with Crippen LogP contribution in [0.2, 0.25) is 5.15 Å². The number of aryl methyl sites for hydroxylation is 1. The van der Waals surface area contributed by atoms with Crippen molar-refractivity contribution in [2.75, 3.05) is 5.32 Å². The lowest BCUT2D eigenvalue weighted by Gasteiger charge is -2.19. The average Bonchev–Trinajstić information content (AvgIpc) is 2.62. The van der Waals surface area contributed by atoms with Gasteiger partial charge in [-0.1, -0.05) is 17.7 Å². The van der Waals surface area contributed by atoms with Gasteiger partial charge in [-0.25, -0.2) is 14.8 Å². The van der Waals surface area contributed by atoms with E-state index in [-0.39, 0.29) is 28.3 Å². The second kappa shape index (κ2) is 7.05. The minimum atomic E-state index is -1.21. The van der Waals surface area contributed by atoms with Gasteiger partial charge in [0.25, 0.3) is 5.56 Å². The van der Waals surface area contributed by atoms with Crippen molar-refractivity contribution < 1.29 is 9.90 Å². The number of anilines is 1. The summed E-state index contributed by atoms with van der Waals surface area (Å²) in [6, 6.07) is 8.00. The van der Waals surface area contributed by atoms with Crippen LogP contribution in [0.3, 0.4) is 0 Å². The molecule has 3 rings (SSSR count). The van der Waals surface area contributed by atoms with Crippen LogP contribution in [-0.4, -0.2) is 26.0 Å². The molecule has 2 aromatic heterocycles. The fourth-order valence-electron chi connectivity index (χ4n) is 2.81. The molecule has 136 valence electrons. The van der Waals surface area contributed by atoms with E-state index < -0.39 is 11.5 Å². The number of H-pyrrole nitrogens is 1. The fourth-order valence-corrected chi connectivity index (χ4v) is 2.95. The first kappa shape index (κ1) is 18.4. The zero-order valence-electron chi connectivity index (χ0n) is 14.4. The van der Waals surface area contributed by atoms with Crippen molar-refractivity contribution in [3.05, 3.63) is 62.3 Å². The van der Waals surface area contributed by atoms with Crippen molar-refractivity contribution in [1.82, 2.24) is 15.0 Å². The van der Waals surface area contributed by atoms with Crippen LogP contribution >= 0.6 is 11.6 Å². The Bertz CT molecular complexity index is 1170. The number of aromatic amines is 1. The Hall–Kier alpha value is -3.44. The number of hydrogen-bond acceptors (Lipinski definition) is 6. The van der Waals surface area contributed by atoms with E-state index in [4.69, 9.17) is 16.9 Å². The van der Waals surface area contributed by atoms with E-state index in [9.17, 15) is 14.7 Å². The van der Waals surface area contributed by atoms with E-state index in [1.807, 2.05) is 19.9 Å². The summed E-state index contributed by atoms with van der Waals surface area (Å²) in [5, 5.41) is 21.5. The largest absolute Gasteiger partial charge is 0.476 e. The molecular weight excluding hydrogens is 370 g/mol. The van der Waals surface area contributed by atoms with Gasteiger partial charge >= 0.3 is 5.97 Å². The predicted molar refractivity (Wildman–Crippen MR) is 100 cm³/mol. The molecule has 1 aromatic carbocycles. The number of nitrogens with one attached hydrogen (secondary N) is 2. The molecule has 8 nitrogen and oxygen atoms in total. The maximum absolute atomic E-state index is 12.0. The highest BCUT2D eigenvalue weighted by atomic mass is 35.5. The van der Waals surface area contributed by atoms with E-state index in [0.717, 1.165) is 5.56 Å². The number of aromatic nitrogens is 3. The van der Waals surface area contributed by atoms with Crippen molar-refractivity contribution >= 4 is 34.3 Å². The summed E-state index contributed by atoms with van der Waals surface area (Å²) >= 11 is 5.78. The molecule has 0 spiro atoms. The number of carboxylic acid groups (broad SMARTS) is 1. The predicted octanol–water partition coefficient (Wildman–Crippen LogP) is 3.02. The number of carbonyl (C=O) groups is 1. The van der Waals surface area contributed by atoms with Crippen LogP contribution in [0.15, 0.2) is 29.1 Å². The van der Waals surface area contributed by atoms with Gasteiger partial charge in [0.1, 0.15) is 11.2 Å². The van der Waals surface area contributed by atoms with Crippen LogP contribution in [0.4, 0.5) is 5.69 Å². The Morgan fingerprint density at radius 3 is 2.78 bits per heavy atom. The number of halogens is 1. The number of benzene rings is 1. The summed E-state index contributed by atoms with van der Waals surface area (Å²) in [6.07, 6.45) is 0. The van der Waals surface area contributed by atoms with Crippen molar-refractivity contribution in [2.24, 2.45) is 0 Å². The van der Waals surface area contributed by atoms with Gasteiger partial charge in [-0.15, -0.1) is 0 Å². The van der Waals surface area contributed by atoms with Gasteiger partial charge in [0.05, 0.1) is 22.8 Å². The van der Waals surface area contributed by atoms with Crippen molar-refractivity contribution in [1.29, 1.82) is 5.26 Å². The first-order valence-corrected chi connectivity index (χ1v) is 8.29. The molecule has 0 amide bonds. The fraction of sp³-hybridized carbons (Fsp3) is 0.167. The zero-order valence-corrected chi connectivity index (χ0v) is 15.1. The number of hydrogen-bond donors (Lipinski definition) is 3.